The van der Waals surface area contributed by atoms with Crippen LogP contribution in [0.5, 0.6) is 0 Å². The lowest BCUT2D eigenvalue weighted by atomic mass is 9.95. The quantitative estimate of drug-likeness (QED) is 0.0862. The van der Waals surface area contributed by atoms with E-state index in [0.29, 0.717) is 25.8 Å². The zero-order chi connectivity index (χ0) is 26.8. The van der Waals surface area contributed by atoms with E-state index >= 15 is 0 Å². The van der Waals surface area contributed by atoms with Crippen molar-refractivity contribution in [2.75, 3.05) is 0 Å². The smallest absolute Gasteiger partial charge is 0.410 e. The maximum absolute atomic E-state index is 13.4. The van der Waals surface area contributed by atoms with Gasteiger partial charge in [-0.25, -0.2) is 4.79 Å². The average molecular weight is 569 g/mol. The lowest BCUT2D eigenvalue weighted by molar-refractivity contribution is -0.182. The number of halogens is 3. The normalized spacial score (nSPS) is 20.3. The molecule has 37 heavy (non-hydrogen) atoms. The van der Waals surface area contributed by atoms with Gasteiger partial charge in [0.25, 0.3) is 3.79 Å². The van der Waals surface area contributed by atoms with Gasteiger partial charge in [0.15, 0.2) is 0 Å². The predicted octanol–water partition coefficient (Wildman–Crippen LogP) is 7.15. The van der Waals surface area contributed by atoms with Gasteiger partial charge in [-0.3, -0.25) is 10.3 Å². The van der Waals surface area contributed by atoms with Crippen molar-refractivity contribution in [2.45, 2.75) is 67.6 Å². The van der Waals surface area contributed by atoms with E-state index in [0.717, 1.165) is 11.1 Å². The number of benzene rings is 2. The van der Waals surface area contributed by atoms with Crippen LogP contribution >= 0.6 is 34.8 Å². The van der Waals surface area contributed by atoms with Crippen LogP contribution in [0, 0.1) is 5.41 Å². The highest BCUT2D eigenvalue weighted by molar-refractivity contribution is 6.76. The Balaban J connectivity index is 1.82. The van der Waals surface area contributed by atoms with Gasteiger partial charge < -0.3 is 14.2 Å². The molecule has 198 valence electrons. The number of rotatable bonds is 9. The summed E-state index contributed by atoms with van der Waals surface area (Å²) >= 11 is 17.3. The molecule has 1 fully saturated rings. The van der Waals surface area contributed by atoms with Gasteiger partial charge in [-0.1, -0.05) is 108 Å². The van der Waals surface area contributed by atoms with Crippen LogP contribution < -0.4 is 0 Å². The highest BCUT2D eigenvalue weighted by atomic mass is 35.6. The molecule has 1 aliphatic rings. The van der Waals surface area contributed by atoms with Gasteiger partial charge in [0.05, 0.1) is 18.2 Å². The summed E-state index contributed by atoms with van der Waals surface area (Å²) in [5.41, 5.74) is 10.8. The summed E-state index contributed by atoms with van der Waals surface area (Å²) in [4.78, 5) is 17.9. The number of nitrogens with one attached hydrogen (secondary N) is 1. The van der Waals surface area contributed by atoms with Crippen molar-refractivity contribution < 1.29 is 19.0 Å². The van der Waals surface area contributed by atoms with Crippen LogP contribution in [0.2, 0.25) is 0 Å². The second kappa shape index (κ2) is 13.7. The number of amides is 1. The van der Waals surface area contributed by atoms with E-state index in [1.165, 1.54) is 0 Å². The van der Waals surface area contributed by atoms with Crippen molar-refractivity contribution in [3.05, 3.63) is 82.2 Å². The molecule has 1 saturated heterocycles. The van der Waals surface area contributed by atoms with Gasteiger partial charge >= 0.3 is 6.09 Å². The molecule has 2 aromatic carbocycles. The molecule has 9 nitrogen and oxygen atoms in total. The van der Waals surface area contributed by atoms with Crippen LogP contribution in [0.3, 0.4) is 0 Å². The molecule has 2 aromatic rings. The van der Waals surface area contributed by atoms with E-state index in [4.69, 9.17) is 60.0 Å². The van der Waals surface area contributed by atoms with Gasteiger partial charge in [-0.05, 0) is 35.9 Å². The maximum Gasteiger partial charge on any atom is 0.410 e. The molecule has 1 heterocycles. The molecular weight excluding hydrogens is 541 g/mol. The van der Waals surface area contributed by atoms with Crippen molar-refractivity contribution in [1.29, 1.82) is 5.41 Å². The third-order valence-corrected chi connectivity index (χ3v) is 6.46. The number of hydrogen-bond donors (Lipinski definition) is 1. The zero-order valence-electron chi connectivity index (χ0n) is 20.2. The van der Waals surface area contributed by atoms with Crippen molar-refractivity contribution in [2.24, 2.45) is 5.11 Å². The Kier molecular flexibility index (Phi) is 10.7. The maximum atomic E-state index is 13.4. The SMILES string of the molecule is CC[C@H]([C@@H]1CCC(N=[N+]=[N-])C(OC(=N)C(Cl)(Cl)Cl)O1)N(Cc1ccccc1)C(=O)OCc1ccccc1. The summed E-state index contributed by atoms with van der Waals surface area (Å²) in [5.74, 6) is -0.655. The number of carbonyl (C=O) groups is 1. The third kappa shape index (κ3) is 8.42. The van der Waals surface area contributed by atoms with Crippen molar-refractivity contribution >= 4 is 46.8 Å². The van der Waals surface area contributed by atoms with Crippen LogP contribution in [-0.2, 0) is 27.4 Å². The largest absolute Gasteiger partial charge is 0.448 e. The first-order valence-corrected chi connectivity index (χ1v) is 12.9. The van der Waals surface area contributed by atoms with Crippen molar-refractivity contribution in [3.63, 3.8) is 0 Å². The number of nitrogens with zero attached hydrogens (tertiary/aromatic N) is 4. The first-order valence-electron chi connectivity index (χ1n) is 11.8. The van der Waals surface area contributed by atoms with E-state index < -0.39 is 40.3 Å². The van der Waals surface area contributed by atoms with E-state index in [2.05, 4.69) is 10.0 Å². The topological polar surface area (TPSA) is 121 Å². The van der Waals surface area contributed by atoms with Gasteiger partial charge in [-0.15, -0.1) is 0 Å². The molecule has 2 unspecified atom stereocenters. The Morgan fingerprint density at radius 2 is 1.78 bits per heavy atom. The molecule has 0 aliphatic carbocycles. The lowest BCUT2D eigenvalue weighted by Gasteiger charge is -2.41. The average Bonchev–Trinajstić information content (AvgIpc) is 2.89. The van der Waals surface area contributed by atoms with Gasteiger partial charge in [-0.2, -0.15) is 0 Å². The van der Waals surface area contributed by atoms with Crippen molar-refractivity contribution in [1.82, 2.24) is 4.90 Å². The molecule has 1 amide bonds. The summed E-state index contributed by atoms with van der Waals surface area (Å²) in [6.45, 7) is 2.36. The van der Waals surface area contributed by atoms with Crippen LogP contribution in [0.1, 0.15) is 37.3 Å². The molecule has 0 saturated carbocycles. The minimum atomic E-state index is -2.11. The minimum Gasteiger partial charge on any atom is -0.448 e. The molecule has 0 radical (unpaired) electrons. The molecule has 0 spiro atoms. The molecule has 12 heteroatoms. The van der Waals surface area contributed by atoms with Crippen molar-refractivity contribution in [3.8, 4) is 0 Å². The number of carbonyl (C=O) groups excluding carboxylic acids is 1. The van der Waals surface area contributed by atoms with E-state index in [9.17, 15) is 4.79 Å². The summed E-state index contributed by atoms with van der Waals surface area (Å²) in [6, 6.07) is 17.8. The third-order valence-electron chi connectivity index (χ3n) is 5.94. The van der Waals surface area contributed by atoms with Gasteiger partial charge in [0, 0.05) is 11.5 Å². The van der Waals surface area contributed by atoms with Crippen LogP contribution in [0.25, 0.3) is 10.4 Å². The van der Waals surface area contributed by atoms with Crippen LogP contribution in [0.15, 0.2) is 65.8 Å². The van der Waals surface area contributed by atoms with Gasteiger partial charge in [0.1, 0.15) is 6.61 Å². The Labute approximate surface area is 230 Å². The summed E-state index contributed by atoms with van der Waals surface area (Å²) in [7, 11) is 0. The van der Waals surface area contributed by atoms with Crippen LogP contribution in [0.4, 0.5) is 4.79 Å². The Morgan fingerprint density at radius 3 is 2.35 bits per heavy atom. The number of alkyl halides is 3. The number of hydrogen-bond acceptors (Lipinski definition) is 6. The Hall–Kier alpha value is -2.68. The summed E-state index contributed by atoms with van der Waals surface area (Å²) in [6.07, 6.45) is -0.769. The van der Waals surface area contributed by atoms with Gasteiger partial charge in [0.2, 0.25) is 12.2 Å². The highest BCUT2D eigenvalue weighted by Gasteiger charge is 2.41. The zero-order valence-corrected chi connectivity index (χ0v) is 22.4. The Bertz CT molecular complexity index is 1080. The van der Waals surface area contributed by atoms with E-state index in [1.54, 1.807) is 4.90 Å². The lowest BCUT2D eigenvalue weighted by Crippen LogP contribution is -2.52. The molecule has 0 bridgehead atoms. The standard InChI is InChI=1S/C25H28Cl3N5O4/c1-2-20(21-14-13-19(31-32-30)22(36-21)37-23(29)25(26,27)28)33(15-17-9-5-3-6-10-17)24(34)35-16-18-11-7-4-8-12-18/h3-12,19-22,29H,2,13-16H2,1H3/t19?,20-,21+,22?/m1/s1. The number of ether oxygens (including phenoxy) is 3. The molecule has 3 rings (SSSR count). The first-order chi connectivity index (χ1) is 17.7. The molecule has 1 aliphatic heterocycles. The molecule has 4 atom stereocenters. The highest BCUT2D eigenvalue weighted by Crippen LogP contribution is 2.33. The van der Waals surface area contributed by atoms with E-state index in [1.807, 2.05) is 67.6 Å². The second-order valence-electron chi connectivity index (χ2n) is 8.47. The molecular formula is C25H28Cl3N5O4. The predicted molar refractivity (Wildman–Crippen MR) is 143 cm³/mol. The fraction of sp³-hybridized carbons (Fsp3) is 0.440. The summed E-state index contributed by atoms with van der Waals surface area (Å²) < 4.78 is 15.2. The fourth-order valence-electron chi connectivity index (χ4n) is 4.14. The second-order valence-corrected chi connectivity index (χ2v) is 10.7. The first kappa shape index (κ1) is 28.9. The Morgan fingerprint density at radius 1 is 1.16 bits per heavy atom. The monoisotopic (exact) mass is 567 g/mol. The number of azide groups is 1. The van der Waals surface area contributed by atoms with E-state index in [-0.39, 0.29) is 6.61 Å². The fourth-order valence-corrected chi connectivity index (χ4v) is 4.27. The minimum absolute atomic E-state index is 0.123. The molecule has 0 aromatic heterocycles. The van der Waals surface area contributed by atoms with Crippen LogP contribution in [-0.4, -0.2) is 45.2 Å². The summed E-state index contributed by atoms with van der Waals surface area (Å²) in [5, 5.41) is 11.7. The molecule has 1 N–H and O–H groups in total.